The van der Waals surface area contributed by atoms with Gasteiger partial charge in [0.15, 0.2) is 11.6 Å². The Morgan fingerprint density at radius 3 is 2.84 bits per heavy atom. The number of hydrogen-bond acceptors (Lipinski definition) is 4. The smallest absolute Gasteiger partial charge is 0.270 e. The second-order valence-corrected chi connectivity index (χ2v) is 7.03. The topological polar surface area (TPSA) is 50.6 Å². The van der Waals surface area contributed by atoms with E-state index in [1.54, 1.807) is 6.20 Å². The molecular weight excluding hydrogens is 316 g/mol. The second-order valence-electron chi connectivity index (χ2n) is 7.03. The molecule has 1 aliphatic heterocycles. The maximum atomic E-state index is 12.9. The molecule has 25 heavy (non-hydrogen) atoms. The highest BCUT2D eigenvalue weighted by molar-refractivity contribution is 5.93. The zero-order valence-electron chi connectivity index (χ0n) is 14.8. The van der Waals surface area contributed by atoms with E-state index in [1.165, 1.54) is 12.8 Å². The van der Waals surface area contributed by atoms with Crippen LogP contribution < -0.4 is 9.64 Å². The summed E-state index contributed by atoms with van der Waals surface area (Å²) in [6, 6.07) is 8.23. The third kappa shape index (κ3) is 3.21. The molecule has 2 aliphatic rings. The third-order valence-electron chi connectivity index (χ3n) is 4.84. The molecule has 1 saturated carbocycles. The number of pyridine rings is 1. The van der Waals surface area contributed by atoms with Gasteiger partial charge in [-0.05, 0) is 37.1 Å². The van der Waals surface area contributed by atoms with Crippen LogP contribution in [0.3, 0.4) is 0 Å². The van der Waals surface area contributed by atoms with Crippen LogP contribution in [0.1, 0.15) is 35.8 Å². The zero-order valence-corrected chi connectivity index (χ0v) is 14.8. The summed E-state index contributed by atoms with van der Waals surface area (Å²) in [5.41, 5.74) is 0.804. The lowest BCUT2D eigenvalue weighted by Gasteiger charge is -2.20. The lowest BCUT2D eigenvalue weighted by atomic mass is 10.3. The number of carbonyl (C=O) groups is 1. The SMILES string of the molecule is CN(C)c1ncccc1O[C@@H]1CCN(C(=O)c2cccn2C2CC2)C1. The van der Waals surface area contributed by atoms with Crippen molar-refractivity contribution in [3.8, 4) is 5.75 Å². The number of amides is 1. The van der Waals surface area contributed by atoms with E-state index < -0.39 is 0 Å². The summed E-state index contributed by atoms with van der Waals surface area (Å²) in [6.07, 6.45) is 6.99. The van der Waals surface area contributed by atoms with Gasteiger partial charge >= 0.3 is 0 Å². The molecule has 3 heterocycles. The summed E-state index contributed by atoms with van der Waals surface area (Å²) in [6.45, 7) is 1.35. The fourth-order valence-corrected chi connectivity index (χ4v) is 3.41. The molecule has 6 heteroatoms. The van der Waals surface area contributed by atoms with Crippen molar-refractivity contribution in [2.75, 3.05) is 32.1 Å². The Labute approximate surface area is 148 Å². The Balaban J connectivity index is 1.43. The molecule has 2 aromatic heterocycles. The first-order valence-electron chi connectivity index (χ1n) is 8.88. The van der Waals surface area contributed by atoms with Gasteiger partial charge in [-0.15, -0.1) is 0 Å². The highest BCUT2D eigenvalue weighted by Crippen LogP contribution is 2.36. The maximum Gasteiger partial charge on any atom is 0.270 e. The van der Waals surface area contributed by atoms with Crippen LogP contribution in [-0.4, -0.2) is 53.6 Å². The predicted molar refractivity (Wildman–Crippen MR) is 96.2 cm³/mol. The molecular formula is C19H24N4O2. The second kappa shape index (κ2) is 6.43. The number of carbonyl (C=O) groups excluding carboxylic acids is 1. The van der Waals surface area contributed by atoms with Crippen LogP contribution in [-0.2, 0) is 0 Å². The summed E-state index contributed by atoms with van der Waals surface area (Å²) in [5, 5.41) is 0. The molecule has 0 N–H and O–H groups in total. The Morgan fingerprint density at radius 2 is 2.08 bits per heavy atom. The molecule has 1 atom stereocenters. The van der Waals surface area contributed by atoms with Crippen LogP contribution in [0.15, 0.2) is 36.7 Å². The molecule has 2 aromatic rings. The van der Waals surface area contributed by atoms with Crippen LogP contribution in [0.25, 0.3) is 0 Å². The maximum absolute atomic E-state index is 12.9. The van der Waals surface area contributed by atoms with Gasteiger partial charge in [0.25, 0.3) is 5.91 Å². The van der Waals surface area contributed by atoms with Crippen molar-refractivity contribution in [2.45, 2.75) is 31.4 Å². The molecule has 0 spiro atoms. The standard InChI is InChI=1S/C19H24N4O2/c1-21(2)18-17(6-3-10-20-18)25-15-9-12-22(13-15)19(24)16-5-4-11-23(16)14-7-8-14/h3-6,10-11,14-15H,7-9,12-13H2,1-2H3/t15-/m1/s1. The van der Waals surface area contributed by atoms with E-state index in [2.05, 4.69) is 9.55 Å². The third-order valence-corrected chi connectivity index (χ3v) is 4.84. The fourth-order valence-electron chi connectivity index (χ4n) is 3.41. The molecule has 0 aromatic carbocycles. The lowest BCUT2D eigenvalue weighted by molar-refractivity contribution is 0.0761. The molecule has 1 aliphatic carbocycles. The van der Waals surface area contributed by atoms with Gasteiger partial charge in [0.05, 0.1) is 6.54 Å². The number of nitrogens with zero attached hydrogens (tertiary/aromatic N) is 4. The molecule has 0 bridgehead atoms. The highest BCUT2D eigenvalue weighted by atomic mass is 16.5. The van der Waals surface area contributed by atoms with Crippen molar-refractivity contribution in [1.82, 2.24) is 14.5 Å². The zero-order chi connectivity index (χ0) is 17.4. The van der Waals surface area contributed by atoms with Gasteiger partial charge in [-0.2, -0.15) is 0 Å². The van der Waals surface area contributed by atoms with Crippen molar-refractivity contribution in [1.29, 1.82) is 0 Å². The largest absolute Gasteiger partial charge is 0.485 e. The average Bonchev–Trinajstić information content (AvgIpc) is 3.15. The van der Waals surface area contributed by atoms with Crippen LogP contribution in [0.5, 0.6) is 5.75 Å². The average molecular weight is 340 g/mol. The molecule has 6 nitrogen and oxygen atoms in total. The highest BCUT2D eigenvalue weighted by Gasteiger charge is 2.32. The van der Waals surface area contributed by atoms with Crippen LogP contribution in [0.2, 0.25) is 0 Å². The minimum atomic E-state index is 0.0104. The van der Waals surface area contributed by atoms with Gasteiger partial charge in [0.1, 0.15) is 11.8 Å². The van der Waals surface area contributed by atoms with E-state index in [0.29, 0.717) is 12.6 Å². The van der Waals surface area contributed by atoms with Crippen molar-refractivity contribution in [2.24, 2.45) is 0 Å². The van der Waals surface area contributed by atoms with Crippen molar-refractivity contribution in [3.63, 3.8) is 0 Å². The number of anilines is 1. The summed E-state index contributed by atoms with van der Waals surface area (Å²) in [7, 11) is 3.90. The van der Waals surface area contributed by atoms with E-state index >= 15 is 0 Å². The Hall–Kier alpha value is -2.50. The quantitative estimate of drug-likeness (QED) is 0.839. The Bertz CT molecular complexity index is 766. The molecule has 2 fully saturated rings. The van der Waals surface area contributed by atoms with E-state index in [4.69, 9.17) is 4.74 Å². The van der Waals surface area contributed by atoms with Gasteiger partial charge in [-0.1, -0.05) is 0 Å². The summed E-state index contributed by atoms with van der Waals surface area (Å²) in [5.74, 6) is 1.70. The van der Waals surface area contributed by atoms with Gasteiger partial charge in [-0.25, -0.2) is 4.98 Å². The van der Waals surface area contributed by atoms with E-state index in [0.717, 1.165) is 30.2 Å². The van der Waals surface area contributed by atoms with E-state index in [1.807, 2.05) is 54.4 Å². The summed E-state index contributed by atoms with van der Waals surface area (Å²) >= 11 is 0. The van der Waals surface area contributed by atoms with Crippen LogP contribution >= 0.6 is 0 Å². The van der Waals surface area contributed by atoms with Gasteiger partial charge in [0, 0.05) is 45.5 Å². The monoisotopic (exact) mass is 340 g/mol. The van der Waals surface area contributed by atoms with E-state index in [-0.39, 0.29) is 12.0 Å². The number of likely N-dealkylation sites (tertiary alicyclic amines) is 1. The molecule has 1 saturated heterocycles. The minimum Gasteiger partial charge on any atom is -0.485 e. The van der Waals surface area contributed by atoms with Crippen LogP contribution in [0, 0.1) is 0 Å². The number of ether oxygens (including phenoxy) is 1. The first kappa shape index (κ1) is 16.0. The van der Waals surface area contributed by atoms with Gasteiger partial charge in [0.2, 0.25) is 0 Å². The minimum absolute atomic E-state index is 0.0104. The Kier molecular flexibility index (Phi) is 4.11. The molecule has 4 rings (SSSR count). The molecule has 1 amide bonds. The molecule has 0 unspecified atom stereocenters. The predicted octanol–water partition coefficient (Wildman–Crippen LogP) is 2.58. The fraction of sp³-hybridized carbons (Fsp3) is 0.474. The van der Waals surface area contributed by atoms with Crippen LogP contribution in [0.4, 0.5) is 5.82 Å². The summed E-state index contributed by atoms with van der Waals surface area (Å²) in [4.78, 5) is 21.1. The first-order valence-corrected chi connectivity index (χ1v) is 8.88. The normalized spacial score (nSPS) is 19.9. The lowest BCUT2D eigenvalue weighted by Crippen LogP contribution is -2.32. The van der Waals surface area contributed by atoms with Crippen molar-refractivity contribution < 1.29 is 9.53 Å². The Morgan fingerprint density at radius 1 is 1.24 bits per heavy atom. The number of hydrogen-bond donors (Lipinski definition) is 0. The first-order chi connectivity index (χ1) is 12.1. The number of aromatic nitrogens is 2. The van der Waals surface area contributed by atoms with Gasteiger partial charge < -0.3 is 19.1 Å². The van der Waals surface area contributed by atoms with E-state index in [9.17, 15) is 4.79 Å². The van der Waals surface area contributed by atoms with Crippen molar-refractivity contribution >= 4 is 11.7 Å². The molecule has 0 radical (unpaired) electrons. The van der Waals surface area contributed by atoms with Gasteiger partial charge in [-0.3, -0.25) is 4.79 Å². The number of rotatable bonds is 5. The summed E-state index contributed by atoms with van der Waals surface area (Å²) < 4.78 is 8.28. The van der Waals surface area contributed by atoms with Crippen molar-refractivity contribution in [3.05, 3.63) is 42.4 Å². The molecule has 132 valence electrons.